The number of sulfonamides is 1. The Labute approximate surface area is 101 Å². The molecule has 4 N–H and O–H groups in total. The van der Waals surface area contributed by atoms with Crippen molar-refractivity contribution in [1.29, 1.82) is 0 Å². The van der Waals surface area contributed by atoms with E-state index >= 15 is 0 Å². The molecule has 0 spiro atoms. The number of benzene rings is 1. The second-order valence-electron chi connectivity index (χ2n) is 4.24. The number of hydrogen-bond donors (Lipinski definition) is 3. The van der Waals surface area contributed by atoms with Crippen LogP contribution in [0.4, 0.5) is 5.69 Å². The van der Waals surface area contributed by atoms with Gasteiger partial charge in [0, 0.05) is 18.3 Å². The van der Waals surface area contributed by atoms with Crippen LogP contribution in [0.15, 0.2) is 29.2 Å². The fourth-order valence-electron chi connectivity index (χ4n) is 1.93. The third-order valence-corrected chi connectivity index (χ3v) is 3.83. The van der Waals surface area contributed by atoms with Crippen LogP contribution in [0.25, 0.3) is 0 Å². The molecule has 1 aromatic carbocycles. The van der Waals surface area contributed by atoms with Crippen LogP contribution in [0, 0.1) is 0 Å². The molecular formula is C11H17N3O2S. The van der Waals surface area contributed by atoms with Crippen LogP contribution in [0.2, 0.25) is 0 Å². The van der Waals surface area contributed by atoms with Crippen LogP contribution < -0.4 is 15.8 Å². The number of anilines is 1. The van der Waals surface area contributed by atoms with Crippen molar-refractivity contribution < 1.29 is 8.42 Å². The third-order valence-electron chi connectivity index (χ3n) is 2.90. The van der Waals surface area contributed by atoms with Crippen LogP contribution in [0.3, 0.4) is 0 Å². The van der Waals surface area contributed by atoms with Crippen molar-refractivity contribution in [2.45, 2.75) is 23.8 Å². The van der Waals surface area contributed by atoms with E-state index in [1.807, 2.05) is 0 Å². The van der Waals surface area contributed by atoms with Crippen molar-refractivity contribution >= 4 is 15.7 Å². The van der Waals surface area contributed by atoms with Gasteiger partial charge in [-0.1, -0.05) is 0 Å². The van der Waals surface area contributed by atoms with Gasteiger partial charge in [-0.15, -0.1) is 0 Å². The number of nitrogens with one attached hydrogen (secondary N) is 2. The van der Waals surface area contributed by atoms with Crippen LogP contribution in [-0.4, -0.2) is 27.5 Å². The van der Waals surface area contributed by atoms with Crippen molar-refractivity contribution in [2.24, 2.45) is 5.14 Å². The maximum Gasteiger partial charge on any atom is 0.238 e. The Bertz CT molecular complexity index is 464. The molecule has 1 saturated heterocycles. The molecule has 6 heteroatoms. The molecule has 0 saturated carbocycles. The van der Waals surface area contributed by atoms with Gasteiger partial charge < -0.3 is 10.6 Å². The summed E-state index contributed by atoms with van der Waals surface area (Å²) in [6, 6.07) is 7.00. The molecule has 0 radical (unpaired) electrons. The van der Waals surface area contributed by atoms with Gasteiger partial charge in [0.15, 0.2) is 0 Å². The van der Waals surface area contributed by atoms with Gasteiger partial charge in [0.1, 0.15) is 0 Å². The fourth-order valence-corrected chi connectivity index (χ4v) is 2.45. The van der Waals surface area contributed by atoms with E-state index in [4.69, 9.17) is 5.14 Å². The minimum Gasteiger partial charge on any atom is -0.383 e. The first-order valence-electron chi connectivity index (χ1n) is 5.66. The molecule has 1 aliphatic rings. The molecule has 1 fully saturated rings. The molecule has 94 valence electrons. The van der Waals surface area contributed by atoms with Crippen molar-refractivity contribution in [3.8, 4) is 0 Å². The minimum atomic E-state index is -3.59. The van der Waals surface area contributed by atoms with E-state index in [1.54, 1.807) is 12.1 Å². The van der Waals surface area contributed by atoms with Crippen LogP contribution in [0.1, 0.15) is 12.8 Å². The summed E-state index contributed by atoms with van der Waals surface area (Å²) in [6.07, 6.45) is 2.40. The Kier molecular flexibility index (Phi) is 3.66. The average Bonchev–Trinajstić information content (AvgIpc) is 2.78. The summed E-state index contributed by atoms with van der Waals surface area (Å²) in [5.41, 5.74) is 0.908. The molecule has 5 nitrogen and oxygen atoms in total. The van der Waals surface area contributed by atoms with Crippen LogP contribution in [0.5, 0.6) is 0 Å². The second kappa shape index (κ2) is 5.03. The predicted molar refractivity (Wildman–Crippen MR) is 67.3 cm³/mol. The van der Waals surface area contributed by atoms with E-state index in [2.05, 4.69) is 10.6 Å². The Hall–Kier alpha value is -1.11. The summed E-state index contributed by atoms with van der Waals surface area (Å²) < 4.78 is 22.1. The van der Waals surface area contributed by atoms with Crippen molar-refractivity contribution in [3.63, 3.8) is 0 Å². The van der Waals surface area contributed by atoms with Gasteiger partial charge in [-0.3, -0.25) is 0 Å². The molecule has 0 aliphatic carbocycles. The maximum atomic E-state index is 11.1. The fraction of sp³-hybridized carbons (Fsp3) is 0.455. The Morgan fingerprint density at radius 2 is 2.06 bits per heavy atom. The summed E-state index contributed by atoms with van der Waals surface area (Å²) in [5, 5.41) is 11.7. The summed E-state index contributed by atoms with van der Waals surface area (Å²) in [5.74, 6) is 0. The Balaban J connectivity index is 1.94. The molecule has 1 unspecified atom stereocenters. The van der Waals surface area contributed by atoms with E-state index in [9.17, 15) is 8.42 Å². The van der Waals surface area contributed by atoms with Crippen LogP contribution in [-0.2, 0) is 10.0 Å². The summed E-state index contributed by atoms with van der Waals surface area (Å²) in [6.45, 7) is 1.94. The van der Waals surface area contributed by atoms with Crippen molar-refractivity contribution in [2.75, 3.05) is 18.4 Å². The monoisotopic (exact) mass is 255 g/mol. The van der Waals surface area contributed by atoms with Gasteiger partial charge in [0.2, 0.25) is 10.0 Å². The van der Waals surface area contributed by atoms with E-state index in [-0.39, 0.29) is 4.90 Å². The number of hydrogen-bond acceptors (Lipinski definition) is 4. The summed E-state index contributed by atoms with van der Waals surface area (Å²) in [4.78, 5) is 0.141. The zero-order chi connectivity index (χ0) is 12.3. The molecule has 1 atom stereocenters. The van der Waals surface area contributed by atoms with E-state index in [0.717, 1.165) is 18.8 Å². The quantitative estimate of drug-likeness (QED) is 0.731. The van der Waals surface area contributed by atoms with Crippen molar-refractivity contribution in [3.05, 3.63) is 24.3 Å². The van der Waals surface area contributed by atoms with Crippen LogP contribution >= 0.6 is 0 Å². The molecule has 0 aromatic heterocycles. The standard InChI is InChI=1S/C11H17N3O2S/c12-17(15,16)11-5-3-9(4-6-11)14-8-10-2-1-7-13-10/h3-6,10,13-14H,1-2,7-8H2,(H2,12,15,16). The molecule has 2 rings (SSSR count). The lowest BCUT2D eigenvalue weighted by molar-refractivity contribution is 0.598. The molecule has 1 heterocycles. The van der Waals surface area contributed by atoms with E-state index in [0.29, 0.717) is 6.04 Å². The number of rotatable bonds is 4. The van der Waals surface area contributed by atoms with Gasteiger partial charge in [-0.25, -0.2) is 13.6 Å². The normalized spacial score (nSPS) is 20.4. The molecule has 17 heavy (non-hydrogen) atoms. The van der Waals surface area contributed by atoms with Gasteiger partial charge in [0.05, 0.1) is 4.90 Å². The number of primary sulfonamides is 1. The van der Waals surface area contributed by atoms with Crippen molar-refractivity contribution in [1.82, 2.24) is 5.32 Å². The second-order valence-corrected chi connectivity index (χ2v) is 5.80. The first-order valence-corrected chi connectivity index (χ1v) is 7.20. The lowest BCUT2D eigenvalue weighted by Gasteiger charge is -2.12. The highest BCUT2D eigenvalue weighted by Crippen LogP contribution is 2.13. The minimum absolute atomic E-state index is 0.141. The molecular weight excluding hydrogens is 238 g/mol. The first-order chi connectivity index (χ1) is 8.05. The lowest BCUT2D eigenvalue weighted by atomic mass is 10.2. The topological polar surface area (TPSA) is 84.2 Å². The van der Waals surface area contributed by atoms with E-state index < -0.39 is 10.0 Å². The highest BCUT2D eigenvalue weighted by atomic mass is 32.2. The molecule has 1 aromatic rings. The smallest absolute Gasteiger partial charge is 0.238 e. The zero-order valence-corrected chi connectivity index (χ0v) is 10.3. The van der Waals surface area contributed by atoms with Gasteiger partial charge in [-0.2, -0.15) is 0 Å². The summed E-state index contributed by atoms with van der Waals surface area (Å²) >= 11 is 0. The number of nitrogens with two attached hydrogens (primary N) is 1. The van der Waals surface area contributed by atoms with Gasteiger partial charge >= 0.3 is 0 Å². The van der Waals surface area contributed by atoms with Gasteiger partial charge in [-0.05, 0) is 43.7 Å². The third kappa shape index (κ3) is 3.42. The average molecular weight is 255 g/mol. The Morgan fingerprint density at radius 1 is 1.35 bits per heavy atom. The molecule has 0 amide bonds. The molecule has 0 bridgehead atoms. The zero-order valence-electron chi connectivity index (χ0n) is 9.52. The largest absolute Gasteiger partial charge is 0.383 e. The van der Waals surface area contributed by atoms with Gasteiger partial charge in [0.25, 0.3) is 0 Å². The maximum absolute atomic E-state index is 11.1. The first kappa shape index (κ1) is 12.3. The highest BCUT2D eigenvalue weighted by molar-refractivity contribution is 7.89. The highest BCUT2D eigenvalue weighted by Gasteiger charge is 2.13. The van der Waals surface area contributed by atoms with E-state index in [1.165, 1.54) is 25.0 Å². The SMILES string of the molecule is NS(=O)(=O)c1ccc(NCC2CCCN2)cc1. The summed E-state index contributed by atoms with van der Waals surface area (Å²) in [7, 11) is -3.59. The predicted octanol–water partition coefficient (Wildman–Crippen LogP) is 0.498. The Morgan fingerprint density at radius 3 is 2.59 bits per heavy atom. The molecule has 1 aliphatic heterocycles. The lowest BCUT2D eigenvalue weighted by Crippen LogP contribution is -2.29.